The van der Waals surface area contributed by atoms with Gasteiger partial charge in [-0.05, 0) is 30.3 Å². The number of halogens is 1. The summed E-state index contributed by atoms with van der Waals surface area (Å²) in [6.45, 7) is 0.614. The normalized spacial score (nSPS) is 10.7. The number of thiazole rings is 1. The summed E-state index contributed by atoms with van der Waals surface area (Å²) in [4.78, 5) is 4.51. The van der Waals surface area contributed by atoms with Crippen molar-refractivity contribution < 1.29 is 4.39 Å². The molecule has 0 fully saturated rings. The van der Waals surface area contributed by atoms with Crippen LogP contribution in [0.25, 0.3) is 10.2 Å². The molecule has 0 unspecified atom stereocenters. The predicted octanol–water partition coefficient (Wildman–Crippen LogP) is 4.05. The van der Waals surface area contributed by atoms with E-state index in [0.717, 1.165) is 16.2 Å². The van der Waals surface area contributed by atoms with Gasteiger partial charge in [0.2, 0.25) is 0 Å². The largest absolute Gasteiger partial charge is 0.378 e. The van der Waals surface area contributed by atoms with E-state index < -0.39 is 0 Å². The fourth-order valence-corrected chi connectivity index (χ4v) is 2.68. The molecule has 0 bridgehead atoms. The number of rotatable bonds is 3. The van der Waals surface area contributed by atoms with E-state index in [1.807, 2.05) is 24.3 Å². The third kappa shape index (κ3) is 2.33. The van der Waals surface area contributed by atoms with Gasteiger partial charge in [-0.15, -0.1) is 11.3 Å². The van der Waals surface area contributed by atoms with Crippen molar-refractivity contribution in [2.24, 2.45) is 0 Å². The number of fused-ring (bicyclic) bond motifs is 1. The summed E-state index contributed by atoms with van der Waals surface area (Å²) in [5.41, 5.74) is 1.78. The minimum Gasteiger partial charge on any atom is -0.378 e. The maximum Gasteiger partial charge on any atom is 0.125 e. The van der Waals surface area contributed by atoms with Crippen LogP contribution in [0.4, 0.5) is 10.1 Å². The number of benzene rings is 2. The summed E-state index contributed by atoms with van der Waals surface area (Å²) < 4.78 is 14.2. The van der Waals surface area contributed by atoms with Gasteiger partial charge in [0, 0.05) is 5.69 Å². The molecule has 1 heterocycles. The molecule has 0 spiro atoms. The van der Waals surface area contributed by atoms with Crippen LogP contribution in [0.5, 0.6) is 0 Å². The number of nitrogens with one attached hydrogen (secondary N) is 1. The summed E-state index contributed by atoms with van der Waals surface area (Å²) in [6.07, 6.45) is 0. The van der Waals surface area contributed by atoms with Crippen molar-refractivity contribution in [2.45, 2.75) is 6.54 Å². The first-order valence-corrected chi connectivity index (χ1v) is 6.47. The highest BCUT2D eigenvalue weighted by molar-refractivity contribution is 7.18. The van der Waals surface area contributed by atoms with E-state index in [-0.39, 0.29) is 5.82 Å². The van der Waals surface area contributed by atoms with Crippen LogP contribution < -0.4 is 5.32 Å². The Balaban J connectivity index is 1.76. The fraction of sp³-hybridized carbons (Fsp3) is 0.0714. The molecule has 0 aliphatic heterocycles. The molecular formula is C14H11FN2S. The third-order valence-corrected chi connectivity index (χ3v) is 3.64. The number of hydrogen-bond acceptors (Lipinski definition) is 3. The molecule has 3 aromatic rings. The van der Waals surface area contributed by atoms with Crippen LogP contribution in [0.3, 0.4) is 0 Å². The van der Waals surface area contributed by atoms with E-state index in [4.69, 9.17) is 0 Å². The maximum atomic E-state index is 13.0. The van der Waals surface area contributed by atoms with Gasteiger partial charge in [-0.2, -0.15) is 0 Å². The lowest BCUT2D eigenvalue weighted by Gasteiger charge is -2.03. The molecule has 0 aliphatic carbocycles. The van der Waals surface area contributed by atoms with Crippen LogP contribution in [-0.4, -0.2) is 4.98 Å². The summed E-state index contributed by atoms with van der Waals surface area (Å²) in [7, 11) is 0. The molecule has 1 aromatic heterocycles. The lowest BCUT2D eigenvalue weighted by molar-refractivity contribution is 0.628. The van der Waals surface area contributed by atoms with E-state index in [9.17, 15) is 4.39 Å². The average molecular weight is 258 g/mol. The molecule has 4 heteroatoms. The number of anilines is 1. The lowest BCUT2D eigenvalue weighted by atomic mass is 10.3. The Morgan fingerprint density at radius 1 is 1.11 bits per heavy atom. The van der Waals surface area contributed by atoms with Gasteiger partial charge in [0.15, 0.2) is 0 Å². The van der Waals surface area contributed by atoms with E-state index in [1.165, 1.54) is 16.8 Å². The Labute approximate surface area is 108 Å². The molecule has 90 valence electrons. The molecule has 3 rings (SSSR count). The van der Waals surface area contributed by atoms with Gasteiger partial charge in [0.1, 0.15) is 10.8 Å². The number of aromatic nitrogens is 1. The van der Waals surface area contributed by atoms with Gasteiger partial charge in [-0.25, -0.2) is 9.37 Å². The first-order valence-electron chi connectivity index (χ1n) is 5.65. The molecule has 0 aliphatic rings. The Morgan fingerprint density at radius 2 is 2.00 bits per heavy atom. The zero-order valence-corrected chi connectivity index (χ0v) is 10.4. The standard InChI is InChI=1S/C14H11FN2S/c15-10-4-3-5-11(8-10)16-9-14-17-12-6-1-2-7-13(12)18-14/h1-8,16H,9H2. The molecule has 1 N–H and O–H groups in total. The smallest absolute Gasteiger partial charge is 0.125 e. The summed E-state index contributed by atoms with van der Waals surface area (Å²) in [6, 6.07) is 14.5. The van der Waals surface area contributed by atoms with Crippen molar-refractivity contribution in [1.82, 2.24) is 4.98 Å². The minimum absolute atomic E-state index is 0.232. The van der Waals surface area contributed by atoms with Crippen LogP contribution in [0.2, 0.25) is 0 Å². The zero-order valence-electron chi connectivity index (χ0n) is 9.56. The Hall–Kier alpha value is -1.94. The quantitative estimate of drug-likeness (QED) is 0.766. The summed E-state index contributed by atoms with van der Waals surface area (Å²) in [5, 5.41) is 4.17. The monoisotopic (exact) mass is 258 g/mol. The van der Waals surface area contributed by atoms with Gasteiger partial charge >= 0.3 is 0 Å². The van der Waals surface area contributed by atoms with Crippen molar-refractivity contribution in [1.29, 1.82) is 0 Å². The first-order chi connectivity index (χ1) is 8.81. The number of hydrogen-bond donors (Lipinski definition) is 1. The van der Waals surface area contributed by atoms with Crippen LogP contribution in [0.1, 0.15) is 5.01 Å². The van der Waals surface area contributed by atoms with Gasteiger partial charge in [0.05, 0.1) is 16.8 Å². The Morgan fingerprint density at radius 3 is 2.83 bits per heavy atom. The topological polar surface area (TPSA) is 24.9 Å². The molecule has 0 amide bonds. The molecule has 0 radical (unpaired) electrons. The molecule has 0 atom stereocenters. The molecule has 2 nitrogen and oxygen atoms in total. The molecule has 0 saturated heterocycles. The van der Waals surface area contributed by atoms with Crippen LogP contribution in [-0.2, 0) is 6.54 Å². The number of nitrogens with zero attached hydrogens (tertiary/aromatic N) is 1. The predicted molar refractivity (Wildman–Crippen MR) is 73.3 cm³/mol. The first kappa shape index (κ1) is 11.2. The second-order valence-electron chi connectivity index (χ2n) is 3.94. The van der Waals surface area contributed by atoms with Crippen molar-refractivity contribution in [2.75, 3.05) is 5.32 Å². The van der Waals surface area contributed by atoms with E-state index in [0.29, 0.717) is 6.54 Å². The van der Waals surface area contributed by atoms with Crippen molar-refractivity contribution in [3.8, 4) is 0 Å². The average Bonchev–Trinajstić information content (AvgIpc) is 2.79. The van der Waals surface area contributed by atoms with Gasteiger partial charge in [0.25, 0.3) is 0 Å². The van der Waals surface area contributed by atoms with Gasteiger partial charge in [-0.1, -0.05) is 18.2 Å². The van der Waals surface area contributed by atoms with Crippen molar-refractivity contribution >= 4 is 27.2 Å². The van der Waals surface area contributed by atoms with Crippen molar-refractivity contribution in [3.63, 3.8) is 0 Å². The van der Waals surface area contributed by atoms with Crippen LogP contribution in [0, 0.1) is 5.82 Å². The maximum absolute atomic E-state index is 13.0. The third-order valence-electron chi connectivity index (χ3n) is 2.61. The second-order valence-corrected chi connectivity index (χ2v) is 5.05. The van der Waals surface area contributed by atoms with Crippen molar-refractivity contribution in [3.05, 3.63) is 59.4 Å². The second kappa shape index (κ2) is 4.74. The van der Waals surface area contributed by atoms with E-state index in [1.54, 1.807) is 17.4 Å². The van der Waals surface area contributed by atoms with Crippen LogP contribution in [0.15, 0.2) is 48.5 Å². The number of para-hydroxylation sites is 1. The fourth-order valence-electron chi connectivity index (χ4n) is 1.77. The van der Waals surface area contributed by atoms with E-state index >= 15 is 0 Å². The zero-order chi connectivity index (χ0) is 12.4. The van der Waals surface area contributed by atoms with E-state index in [2.05, 4.69) is 16.4 Å². The summed E-state index contributed by atoms with van der Waals surface area (Å²) in [5.74, 6) is -0.232. The lowest BCUT2D eigenvalue weighted by Crippen LogP contribution is -1.98. The van der Waals surface area contributed by atoms with Gasteiger partial charge < -0.3 is 5.32 Å². The molecule has 0 saturated carbocycles. The highest BCUT2D eigenvalue weighted by Crippen LogP contribution is 2.22. The molecule has 2 aromatic carbocycles. The SMILES string of the molecule is Fc1cccc(NCc2nc3ccccc3s2)c1. The highest BCUT2D eigenvalue weighted by Gasteiger charge is 2.02. The highest BCUT2D eigenvalue weighted by atomic mass is 32.1. The summed E-state index contributed by atoms with van der Waals surface area (Å²) >= 11 is 1.65. The van der Waals surface area contributed by atoms with Crippen LogP contribution >= 0.6 is 11.3 Å². The van der Waals surface area contributed by atoms with Gasteiger partial charge in [-0.3, -0.25) is 0 Å². The molecular weight excluding hydrogens is 247 g/mol. The minimum atomic E-state index is -0.232. The Kier molecular flexibility index (Phi) is 2.94. The molecule has 18 heavy (non-hydrogen) atoms. The Bertz CT molecular complexity index is 645.